The summed E-state index contributed by atoms with van der Waals surface area (Å²) in [5.41, 5.74) is 0. The quantitative estimate of drug-likeness (QED) is 0.0507. The summed E-state index contributed by atoms with van der Waals surface area (Å²) in [7, 11) is 0. The molecule has 0 bridgehead atoms. The van der Waals surface area contributed by atoms with Gasteiger partial charge in [0.05, 0.1) is 31.3 Å². The molecular formula is C36H67NO4. The van der Waals surface area contributed by atoms with Crippen LogP contribution >= 0.6 is 0 Å². The Labute approximate surface area is 254 Å². The average molecular weight is 578 g/mol. The zero-order chi connectivity index (χ0) is 30.2. The van der Waals surface area contributed by atoms with Gasteiger partial charge in [0.1, 0.15) is 0 Å². The normalized spacial score (nSPS) is 14.4. The van der Waals surface area contributed by atoms with Gasteiger partial charge in [0.2, 0.25) is 5.91 Å². The van der Waals surface area contributed by atoms with Crippen molar-refractivity contribution in [1.29, 1.82) is 0 Å². The fourth-order valence-corrected chi connectivity index (χ4v) is 4.94. The van der Waals surface area contributed by atoms with E-state index in [1.54, 1.807) is 6.08 Å². The highest BCUT2D eigenvalue weighted by Gasteiger charge is 2.20. The highest BCUT2D eigenvalue weighted by Crippen LogP contribution is 2.13. The molecule has 4 N–H and O–H groups in total. The fourth-order valence-electron chi connectivity index (χ4n) is 4.94. The summed E-state index contributed by atoms with van der Waals surface area (Å²) < 4.78 is 0. The van der Waals surface area contributed by atoms with Crippen molar-refractivity contribution in [2.45, 2.75) is 180 Å². The minimum absolute atomic E-state index is 0.000583. The van der Waals surface area contributed by atoms with Crippen molar-refractivity contribution < 1.29 is 20.1 Å². The van der Waals surface area contributed by atoms with Gasteiger partial charge in [0, 0.05) is 0 Å². The predicted octanol–water partition coefficient (Wildman–Crippen LogP) is 8.87. The van der Waals surface area contributed by atoms with Crippen molar-refractivity contribution in [2.24, 2.45) is 0 Å². The molecule has 3 atom stereocenters. The standard InChI is InChI=1S/C36H67NO4/c1-3-5-7-9-11-13-14-15-16-17-18-19-20-22-23-25-27-29-33(39)31-36(41)37-34(32-38)35(40)30-28-26-24-21-12-10-8-6-4-2/h12,17-18,21,28,30,33-35,38-40H,3-11,13-16,19-20,22-27,29,31-32H2,1-2H3,(H,37,41)/b18-17-,21-12+,30-28+. The average Bonchev–Trinajstić information content (AvgIpc) is 2.96. The number of hydrogen-bond donors (Lipinski definition) is 4. The van der Waals surface area contributed by atoms with Crippen molar-refractivity contribution in [3.8, 4) is 0 Å². The Balaban J connectivity index is 3.76. The largest absolute Gasteiger partial charge is 0.394 e. The van der Waals surface area contributed by atoms with Crippen LogP contribution in [-0.2, 0) is 4.79 Å². The zero-order valence-corrected chi connectivity index (χ0v) is 26.9. The van der Waals surface area contributed by atoms with Gasteiger partial charge < -0.3 is 20.6 Å². The van der Waals surface area contributed by atoms with E-state index in [-0.39, 0.29) is 18.9 Å². The summed E-state index contributed by atoms with van der Waals surface area (Å²) in [6, 6.07) is -0.759. The second-order valence-electron chi connectivity index (χ2n) is 11.8. The number of aliphatic hydroxyl groups excluding tert-OH is 3. The predicted molar refractivity (Wildman–Crippen MR) is 176 cm³/mol. The van der Waals surface area contributed by atoms with Crippen LogP contribution < -0.4 is 5.32 Å². The van der Waals surface area contributed by atoms with Gasteiger partial charge in [-0.15, -0.1) is 0 Å². The number of unbranched alkanes of at least 4 members (excludes halogenated alkanes) is 17. The molecule has 0 saturated heterocycles. The van der Waals surface area contributed by atoms with Crippen LogP contribution in [0, 0.1) is 0 Å². The summed E-state index contributed by atoms with van der Waals surface area (Å²) in [4.78, 5) is 12.3. The van der Waals surface area contributed by atoms with Gasteiger partial charge in [-0.05, 0) is 57.8 Å². The van der Waals surface area contributed by atoms with E-state index in [0.717, 1.165) is 44.9 Å². The van der Waals surface area contributed by atoms with Gasteiger partial charge >= 0.3 is 0 Å². The maximum absolute atomic E-state index is 12.3. The number of hydrogen-bond acceptors (Lipinski definition) is 4. The molecule has 0 aromatic carbocycles. The molecule has 0 aliphatic rings. The van der Waals surface area contributed by atoms with E-state index in [2.05, 4.69) is 43.5 Å². The summed E-state index contributed by atoms with van der Waals surface area (Å²) in [6.45, 7) is 4.12. The van der Waals surface area contributed by atoms with E-state index >= 15 is 0 Å². The van der Waals surface area contributed by atoms with Gasteiger partial charge in [0.25, 0.3) is 0 Å². The number of carbonyl (C=O) groups excluding carboxylic acids is 1. The lowest BCUT2D eigenvalue weighted by Crippen LogP contribution is -2.45. The summed E-state index contributed by atoms with van der Waals surface area (Å²) in [5, 5.41) is 32.8. The lowest BCUT2D eigenvalue weighted by molar-refractivity contribution is -0.124. The summed E-state index contributed by atoms with van der Waals surface area (Å²) in [5.74, 6) is -0.335. The summed E-state index contributed by atoms with van der Waals surface area (Å²) >= 11 is 0. The third-order valence-electron chi connectivity index (χ3n) is 7.65. The topological polar surface area (TPSA) is 89.8 Å². The maximum Gasteiger partial charge on any atom is 0.222 e. The molecule has 0 fully saturated rings. The van der Waals surface area contributed by atoms with Crippen LogP contribution in [0.5, 0.6) is 0 Å². The van der Waals surface area contributed by atoms with Crippen LogP contribution in [0.4, 0.5) is 0 Å². The van der Waals surface area contributed by atoms with E-state index in [4.69, 9.17) is 0 Å². The van der Waals surface area contributed by atoms with Gasteiger partial charge in [-0.25, -0.2) is 0 Å². The first-order chi connectivity index (χ1) is 20.0. The molecule has 0 rings (SSSR count). The van der Waals surface area contributed by atoms with E-state index in [1.807, 2.05) is 6.08 Å². The van der Waals surface area contributed by atoms with Gasteiger partial charge in [-0.2, -0.15) is 0 Å². The number of allylic oxidation sites excluding steroid dienone is 5. The third-order valence-corrected chi connectivity index (χ3v) is 7.65. The number of aliphatic hydroxyl groups is 3. The monoisotopic (exact) mass is 578 g/mol. The Hall–Kier alpha value is -1.43. The van der Waals surface area contributed by atoms with E-state index < -0.39 is 18.2 Å². The smallest absolute Gasteiger partial charge is 0.222 e. The van der Waals surface area contributed by atoms with Crippen LogP contribution in [0.3, 0.4) is 0 Å². The lowest BCUT2D eigenvalue weighted by atomic mass is 10.0. The third kappa shape index (κ3) is 28.5. The molecule has 5 nitrogen and oxygen atoms in total. The van der Waals surface area contributed by atoms with E-state index in [0.29, 0.717) is 6.42 Å². The van der Waals surface area contributed by atoms with Crippen molar-refractivity contribution >= 4 is 5.91 Å². The second kappa shape index (κ2) is 31.5. The number of carbonyl (C=O) groups is 1. The molecular weight excluding hydrogens is 510 g/mol. The highest BCUT2D eigenvalue weighted by atomic mass is 16.3. The van der Waals surface area contributed by atoms with Crippen molar-refractivity contribution in [2.75, 3.05) is 6.61 Å². The number of amides is 1. The van der Waals surface area contributed by atoms with Crippen molar-refractivity contribution in [3.63, 3.8) is 0 Å². The molecule has 3 unspecified atom stereocenters. The molecule has 0 heterocycles. The minimum Gasteiger partial charge on any atom is -0.394 e. The molecule has 0 radical (unpaired) electrons. The Morgan fingerprint density at radius 3 is 1.61 bits per heavy atom. The molecule has 41 heavy (non-hydrogen) atoms. The Morgan fingerprint density at radius 2 is 1.05 bits per heavy atom. The first kappa shape index (κ1) is 39.6. The number of rotatable bonds is 30. The minimum atomic E-state index is -0.949. The Kier molecular flexibility index (Phi) is 30.4. The molecule has 0 aromatic rings. The van der Waals surface area contributed by atoms with Crippen LogP contribution in [0.2, 0.25) is 0 Å². The van der Waals surface area contributed by atoms with Crippen LogP contribution in [-0.4, -0.2) is 46.1 Å². The molecule has 0 aromatic heterocycles. The second-order valence-corrected chi connectivity index (χ2v) is 11.8. The first-order valence-electron chi connectivity index (χ1n) is 17.3. The molecule has 0 aliphatic heterocycles. The maximum atomic E-state index is 12.3. The molecule has 240 valence electrons. The lowest BCUT2D eigenvalue weighted by Gasteiger charge is -2.20. The van der Waals surface area contributed by atoms with Gasteiger partial charge in [0.15, 0.2) is 0 Å². The van der Waals surface area contributed by atoms with Crippen LogP contribution in [0.25, 0.3) is 0 Å². The zero-order valence-electron chi connectivity index (χ0n) is 26.9. The van der Waals surface area contributed by atoms with E-state index in [1.165, 1.54) is 89.9 Å². The highest BCUT2D eigenvalue weighted by molar-refractivity contribution is 5.76. The van der Waals surface area contributed by atoms with Crippen LogP contribution in [0.1, 0.15) is 162 Å². The van der Waals surface area contributed by atoms with Crippen molar-refractivity contribution in [1.82, 2.24) is 5.32 Å². The van der Waals surface area contributed by atoms with E-state index in [9.17, 15) is 20.1 Å². The molecule has 0 spiro atoms. The SMILES string of the molecule is CCCCC/C=C/CC/C=C/C(O)C(CO)NC(=O)CC(O)CCCCCCC/C=C\CCCCCCCCCC. The van der Waals surface area contributed by atoms with Crippen LogP contribution in [0.15, 0.2) is 36.5 Å². The fraction of sp³-hybridized carbons (Fsp3) is 0.806. The van der Waals surface area contributed by atoms with Crippen molar-refractivity contribution in [3.05, 3.63) is 36.5 Å². The Morgan fingerprint density at radius 1 is 0.610 bits per heavy atom. The number of nitrogens with one attached hydrogen (secondary N) is 1. The molecule has 5 heteroatoms. The molecule has 0 saturated carbocycles. The van der Waals surface area contributed by atoms with Gasteiger partial charge in [-0.1, -0.05) is 134 Å². The molecule has 1 amide bonds. The first-order valence-corrected chi connectivity index (χ1v) is 17.3. The molecule has 0 aliphatic carbocycles. The Bertz CT molecular complexity index is 645. The summed E-state index contributed by atoms with van der Waals surface area (Å²) in [6.07, 6.45) is 37.0. The van der Waals surface area contributed by atoms with Gasteiger partial charge in [-0.3, -0.25) is 4.79 Å².